The van der Waals surface area contributed by atoms with E-state index in [4.69, 9.17) is 15.3 Å². The van der Waals surface area contributed by atoms with E-state index in [9.17, 15) is 9.59 Å². The summed E-state index contributed by atoms with van der Waals surface area (Å²) in [5, 5.41) is 26.9. The van der Waals surface area contributed by atoms with Crippen LogP contribution in [-0.4, -0.2) is 51.9 Å². The third kappa shape index (κ3) is 4.99. The topological polar surface area (TPSA) is 98.1 Å². The van der Waals surface area contributed by atoms with Crippen molar-refractivity contribution in [2.24, 2.45) is 5.92 Å². The summed E-state index contributed by atoms with van der Waals surface area (Å²) in [6.07, 6.45) is 0. The van der Waals surface area contributed by atoms with Crippen molar-refractivity contribution >= 4 is 11.9 Å². The van der Waals surface area contributed by atoms with Gasteiger partial charge in [0.05, 0.1) is 18.1 Å². The molecule has 1 atom stereocenters. The number of benzene rings is 1. The maximum atomic E-state index is 10.9. The highest BCUT2D eigenvalue weighted by Gasteiger charge is 2.16. The molecule has 6 nitrogen and oxygen atoms in total. The van der Waals surface area contributed by atoms with E-state index in [-0.39, 0.29) is 12.2 Å². The number of aliphatic hydroxyl groups excluding tert-OH is 1. The number of aliphatic hydroxyl groups is 1. The average molecular weight is 281 g/mol. The van der Waals surface area contributed by atoms with Crippen molar-refractivity contribution in [3.8, 4) is 0 Å². The Balaban J connectivity index is 2.76. The molecule has 0 fully saturated rings. The lowest BCUT2D eigenvalue weighted by atomic mass is 10.1. The Hall–Kier alpha value is -1.92. The van der Waals surface area contributed by atoms with Crippen molar-refractivity contribution < 1.29 is 24.9 Å². The molecule has 0 amide bonds. The molecule has 0 aliphatic rings. The maximum Gasteiger partial charge on any atom is 0.335 e. The zero-order valence-electron chi connectivity index (χ0n) is 11.3. The molecule has 1 aromatic rings. The molecule has 0 radical (unpaired) electrons. The van der Waals surface area contributed by atoms with Gasteiger partial charge in [-0.15, -0.1) is 0 Å². The Morgan fingerprint density at radius 3 is 2.55 bits per heavy atom. The van der Waals surface area contributed by atoms with Crippen LogP contribution < -0.4 is 0 Å². The van der Waals surface area contributed by atoms with Gasteiger partial charge in [0.1, 0.15) is 0 Å². The van der Waals surface area contributed by atoms with Crippen LogP contribution >= 0.6 is 0 Å². The van der Waals surface area contributed by atoms with E-state index in [2.05, 4.69) is 0 Å². The highest BCUT2D eigenvalue weighted by Crippen LogP contribution is 2.10. The molecule has 20 heavy (non-hydrogen) atoms. The zero-order chi connectivity index (χ0) is 15.1. The number of rotatable bonds is 8. The molecule has 0 spiro atoms. The molecule has 0 bridgehead atoms. The SMILES string of the molecule is CC(CN(CCO)Cc1cccc(C(=O)O)c1)C(=O)O. The summed E-state index contributed by atoms with van der Waals surface area (Å²) in [5.74, 6) is -2.45. The molecule has 0 aliphatic carbocycles. The summed E-state index contributed by atoms with van der Waals surface area (Å²) in [6.45, 7) is 2.56. The molecule has 1 unspecified atom stereocenters. The van der Waals surface area contributed by atoms with Crippen LogP contribution in [0.1, 0.15) is 22.8 Å². The molecule has 0 aliphatic heterocycles. The molecule has 0 heterocycles. The fraction of sp³-hybridized carbons (Fsp3) is 0.429. The lowest BCUT2D eigenvalue weighted by molar-refractivity contribution is -0.141. The van der Waals surface area contributed by atoms with E-state index in [0.717, 1.165) is 5.56 Å². The number of aromatic carboxylic acids is 1. The summed E-state index contributed by atoms with van der Waals surface area (Å²) in [7, 11) is 0. The van der Waals surface area contributed by atoms with E-state index >= 15 is 0 Å². The first-order valence-electron chi connectivity index (χ1n) is 6.32. The molecule has 1 aromatic carbocycles. The Kier molecular flexibility index (Phi) is 6.14. The van der Waals surface area contributed by atoms with Gasteiger partial charge in [0.15, 0.2) is 0 Å². The molecule has 110 valence electrons. The van der Waals surface area contributed by atoms with Gasteiger partial charge < -0.3 is 15.3 Å². The summed E-state index contributed by atoms with van der Waals surface area (Å²) in [6, 6.07) is 6.49. The van der Waals surface area contributed by atoms with E-state index in [1.807, 2.05) is 0 Å². The Bertz CT molecular complexity index is 474. The Morgan fingerprint density at radius 2 is 2.00 bits per heavy atom. The second kappa shape index (κ2) is 7.62. The molecular formula is C14H19NO5. The zero-order valence-corrected chi connectivity index (χ0v) is 11.3. The highest BCUT2D eigenvalue weighted by atomic mass is 16.4. The van der Waals surface area contributed by atoms with Gasteiger partial charge in [-0.05, 0) is 17.7 Å². The van der Waals surface area contributed by atoms with E-state index in [1.165, 1.54) is 6.07 Å². The predicted molar refractivity (Wildman–Crippen MR) is 72.6 cm³/mol. The first kappa shape index (κ1) is 16.1. The second-order valence-electron chi connectivity index (χ2n) is 4.70. The molecule has 0 saturated heterocycles. The van der Waals surface area contributed by atoms with Gasteiger partial charge in [-0.1, -0.05) is 19.1 Å². The fourth-order valence-corrected chi connectivity index (χ4v) is 1.90. The second-order valence-corrected chi connectivity index (χ2v) is 4.70. The van der Waals surface area contributed by atoms with Crippen LogP contribution in [0.4, 0.5) is 0 Å². The number of carbonyl (C=O) groups is 2. The quantitative estimate of drug-likeness (QED) is 0.655. The first-order valence-corrected chi connectivity index (χ1v) is 6.32. The molecule has 0 saturated carbocycles. The number of hydrogen-bond donors (Lipinski definition) is 3. The summed E-state index contributed by atoms with van der Waals surface area (Å²) < 4.78 is 0. The first-order chi connectivity index (χ1) is 9.43. The van der Waals surface area contributed by atoms with E-state index in [1.54, 1.807) is 30.0 Å². The van der Waals surface area contributed by atoms with Gasteiger partial charge in [-0.2, -0.15) is 0 Å². The van der Waals surface area contributed by atoms with E-state index in [0.29, 0.717) is 19.6 Å². The van der Waals surface area contributed by atoms with Gasteiger partial charge in [-0.25, -0.2) is 4.79 Å². The number of hydrogen-bond acceptors (Lipinski definition) is 4. The van der Waals surface area contributed by atoms with Crippen molar-refractivity contribution in [3.63, 3.8) is 0 Å². The molecule has 0 aromatic heterocycles. The van der Waals surface area contributed by atoms with Crippen LogP contribution in [0.3, 0.4) is 0 Å². The molecule has 1 rings (SSSR count). The largest absolute Gasteiger partial charge is 0.481 e. The number of nitrogens with zero attached hydrogens (tertiary/aromatic N) is 1. The maximum absolute atomic E-state index is 10.9. The van der Waals surface area contributed by atoms with Crippen LogP contribution in [-0.2, 0) is 11.3 Å². The highest BCUT2D eigenvalue weighted by molar-refractivity contribution is 5.87. The minimum Gasteiger partial charge on any atom is -0.481 e. The summed E-state index contributed by atoms with van der Waals surface area (Å²) >= 11 is 0. The molecule has 6 heteroatoms. The van der Waals surface area contributed by atoms with Gasteiger partial charge in [-0.3, -0.25) is 9.69 Å². The molecule has 3 N–H and O–H groups in total. The van der Waals surface area contributed by atoms with Gasteiger partial charge in [0, 0.05) is 19.6 Å². The third-order valence-corrected chi connectivity index (χ3v) is 2.95. The average Bonchev–Trinajstić information content (AvgIpc) is 2.39. The van der Waals surface area contributed by atoms with Gasteiger partial charge in [0.25, 0.3) is 0 Å². The standard InChI is InChI=1S/C14H19NO5/c1-10(13(17)18)8-15(5-6-16)9-11-3-2-4-12(7-11)14(19)20/h2-4,7,10,16H,5-6,8-9H2,1H3,(H,17,18)(H,19,20). The van der Waals surface area contributed by atoms with Gasteiger partial charge >= 0.3 is 11.9 Å². The number of aliphatic carboxylic acids is 1. The van der Waals surface area contributed by atoms with Crippen molar-refractivity contribution in [2.75, 3.05) is 19.7 Å². The van der Waals surface area contributed by atoms with Crippen LogP contribution in [0, 0.1) is 5.92 Å². The van der Waals surface area contributed by atoms with E-state index < -0.39 is 17.9 Å². The Labute approximate surface area is 117 Å². The normalized spacial score (nSPS) is 12.3. The lowest BCUT2D eigenvalue weighted by Crippen LogP contribution is -2.33. The minimum absolute atomic E-state index is 0.0784. The third-order valence-electron chi connectivity index (χ3n) is 2.95. The van der Waals surface area contributed by atoms with Crippen LogP contribution in [0.5, 0.6) is 0 Å². The van der Waals surface area contributed by atoms with Crippen LogP contribution in [0.2, 0.25) is 0 Å². The lowest BCUT2D eigenvalue weighted by Gasteiger charge is -2.23. The number of carboxylic acid groups (broad SMARTS) is 2. The monoisotopic (exact) mass is 281 g/mol. The predicted octanol–water partition coefficient (Wildman–Crippen LogP) is 0.900. The van der Waals surface area contributed by atoms with Crippen molar-refractivity contribution in [3.05, 3.63) is 35.4 Å². The Morgan fingerprint density at radius 1 is 1.30 bits per heavy atom. The summed E-state index contributed by atoms with van der Waals surface area (Å²) in [4.78, 5) is 23.6. The minimum atomic E-state index is -1.00. The van der Waals surface area contributed by atoms with Gasteiger partial charge in [0.2, 0.25) is 0 Å². The smallest absolute Gasteiger partial charge is 0.335 e. The fourth-order valence-electron chi connectivity index (χ4n) is 1.90. The van der Waals surface area contributed by atoms with Crippen LogP contribution in [0.15, 0.2) is 24.3 Å². The van der Waals surface area contributed by atoms with Crippen molar-refractivity contribution in [2.45, 2.75) is 13.5 Å². The number of carboxylic acids is 2. The van der Waals surface area contributed by atoms with Crippen molar-refractivity contribution in [1.29, 1.82) is 0 Å². The molecular weight excluding hydrogens is 262 g/mol. The summed E-state index contributed by atoms with van der Waals surface area (Å²) in [5.41, 5.74) is 0.966. The van der Waals surface area contributed by atoms with Crippen LogP contribution in [0.25, 0.3) is 0 Å². The van der Waals surface area contributed by atoms with Crippen molar-refractivity contribution in [1.82, 2.24) is 4.90 Å².